The first-order valence-electron chi connectivity index (χ1n) is 9.50. The number of benzene rings is 3. The van der Waals surface area contributed by atoms with E-state index in [4.69, 9.17) is 9.47 Å². The summed E-state index contributed by atoms with van der Waals surface area (Å²) in [5.74, 6) is 0.647. The smallest absolute Gasteiger partial charge is 0.243 e. The maximum absolute atomic E-state index is 13.4. The lowest BCUT2D eigenvalue weighted by molar-refractivity contribution is 0.261. The zero-order valence-electron chi connectivity index (χ0n) is 16.2. The Balaban J connectivity index is 1.60. The Bertz CT molecular complexity index is 1030. The molecule has 3 aromatic carbocycles. The number of sulfonamides is 1. The standard InChI is InChI=1S/C23H23NO4S/c1-18-14-19(12-13-23(18)28-16-22-15-27-22)17-29(25,26)24(20-8-4-2-5-9-20)21-10-6-3-7-11-21/h2-14,22H,15-17H2,1H3. The molecular weight excluding hydrogens is 386 g/mol. The minimum Gasteiger partial charge on any atom is -0.491 e. The molecule has 1 fully saturated rings. The third kappa shape index (κ3) is 4.78. The Morgan fingerprint density at radius 1 is 0.966 bits per heavy atom. The second kappa shape index (κ2) is 8.27. The third-order valence-electron chi connectivity index (χ3n) is 4.68. The minimum atomic E-state index is -3.65. The summed E-state index contributed by atoms with van der Waals surface area (Å²) in [6.07, 6.45) is 0.180. The van der Waals surface area contributed by atoms with E-state index in [-0.39, 0.29) is 11.9 Å². The van der Waals surface area contributed by atoms with Crippen molar-refractivity contribution in [3.8, 4) is 5.75 Å². The minimum absolute atomic E-state index is 0.107. The zero-order chi connectivity index (χ0) is 20.3. The molecule has 0 aliphatic carbocycles. The fourth-order valence-electron chi connectivity index (χ4n) is 3.18. The normalized spacial score (nSPS) is 15.7. The predicted molar refractivity (Wildman–Crippen MR) is 114 cm³/mol. The molecule has 1 aliphatic rings. The largest absolute Gasteiger partial charge is 0.491 e. The molecule has 29 heavy (non-hydrogen) atoms. The first-order chi connectivity index (χ1) is 14.0. The summed E-state index contributed by atoms with van der Waals surface area (Å²) in [5, 5.41) is 0. The lowest BCUT2D eigenvalue weighted by Gasteiger charge is -2.25. The van der Waals surface area contributed by atoms with Crippen molar-refractivity contribution in [2.24, 2.45) is 0 Å². The van der Waals surface area contributed by atoms with Gasteiger partial charge in [-0.3, -0.25) is 0 Å². The van der Waals surface area contributed by atoms with Crippen LogP contribution < -0.4 is 9.04 Å². The van der Waals surface area contributed by atoms with E-state index in [2.05, 4.69) is 0 Å². The van der Waals surface area contributed by atoms with Gasteiger partial charge in [0.25, 0.3) is 0 Å². The number of ether oxygens (including phenoxy) is 2. The van der Waals surface area contributed by atoms with E-state index < -0.39 is 10.0 Å². The van der Waals surface area contributed by atoms with Gasteiger partial charge in [-0.25, -0.2) is 12.7 Å². The predicted octanol–water partition coefficient (Wildman–Crippen LogP) is 4.44. The second-order valence-corrected chi connectivity index (χ2v) is 8.88. The topological polar surface area (TPSA) is 59.1 Å². The molecule has 6 heteroatoms. The highest BCUT2D eigenvalue weighted by Gasteiger charge is 2.26. The molecule has 0 spiro atoms. The molecule has 0 aromatic heterocycles. The molecule has 1 saturated heterocycles. The van der Waals surface area contributed by atoms with Gasteiger partial charge in [0, 0.05) is 0 Å². The third-order valence-corrected chi connectivity index (χ3v) is 6.35. The van der Waals surface area contributed by atoms with Gasteiger partial charge in [0.15, 0.2) is 0 Å². The molecule has 1 unspecified atom stereocenters. The quantitative estimate of drug-likeness (QED) is 0.516. The highest BCUT2D eigenvalue weighted by atomic mass is 32.2. The molecule has 150 valence electrons. The molecular formula is C23H23NO4S. The van der Waals surface area contributed by atoms with Gasteiger partial charge in [-0.05, 0) is 48.4 Å². The molecule has 0 radical (unpaired) electrons. The van der Waals surface area contributed by atoms with Gasteiger partial charge in [0.1, 0.15) is 18.5 Å². The summed E-state index contributed by atoms with van der Waals surface area (Å²) in [6, 6.07) is 23.8. The number of epoxide rings is 1. The van der Waals surface area contributed by atoms with Crippen LogP contribution in [0, 0.1) is 6.92 Å². The molecule has 1 heterocycles. The molecule has 5 nitrogen and oxygen atoms in total. The highest BCUT2D eigenvalue weighted by Crippen LogP contribution is 2.31. The van der Waals surface area contributed by atoms with Crippen LogP contribution in [0.5, 0.6) is 5.75 Å². The maximum Gasteiger partial charge on any atom is 0.243 e. The summed E-state index contributed by atoms with van der Waals surface area (Å²) in [4.78, 5) is 0. The molecule has 0 saturated carbocycles. The van der Waals surface area contributed by atoms with Crippen molar-refractivity contribution in [3.63, 3.8) is 0 Å². The summed E-state index contributed by atoms with van der Waals surface area (Å²) < 4.78 is 39.1. The van der Waals surface area contributed by atoms with Crippen molar-refractivity contribution >= 4 is 21.4 Å². The van der Waals surface area contributed by atoms with E-state index in [1.165, 1.54) is 4.31 Å². The van der Waals surface area contributed by atoms with Crippen LogP contribution >= 0.6 is 0 Å². The van der Waals surface area contributed by atoms with Gasteiger partial charge in [-0.2, -0.15) is 0 Å². The monoisotopic (exact) mass is 409 g/mol. The van der Waals surface area contributed by atoms with E-state index >= 15 is 0 Å². The van der Waals surface area contributed by atoms with E-state index in [9.17, 15) is 8.42 Å². The van der Waals surface area contributed by atoms with Crippen molar-refractivity contribution in [1.82, 2.24) is 0 Å². The highest BCUT2D eigenvalue weighted by molar-refractivity contribution is 7.92. The van der Waals surface area contributed by atoms with Crippen molar-refractivity contribution in [2.75, 3.05) is 17.5 Å². The fraction of sp³-hybridized carbons (Fsp3) is 0.217. The first kappa shape index (κ1) is 19.5. The van der Waals surface area contributed by atoms with E-state index in [0.717, 1.165) is 23.5 Å². The number of anilines is 2. The van der Waals surface area contributed by atoms with Crippen LogP contribution in [0.1, 0.15) is 11.1 Å². The molecule has 0 N–H and O–H groups in total. The Morgan fingerprint density at radius 2 is 1.55 bits per heavy atom. The van der Waals surface area contributed by atoms with Crippen molar-refractivity contribution in [1.29, 1.82) is 0 Å². The maximum atomic E-state index is 13.4. The van der Waals surface area contributed by atoms with Crippen LogP contribution in [0.2, 0.25) is 0 Å². The summed E-state index contributed by atoms with van der Waals surface area (Å²) in [5.41, 5.74) is 2.85. The van der Waals surface area contributed by atoms with Crippen LogP contribution in [-0.2, 0) is 20.5 Å². The summed E-state index contributed by atoms with van der Waals surface area (Å²) >= 11 is 0. The number of aryl methyl sites for hydroxylation is 1. The van der Waals surface area contributed by atoms with Crippen LogP contribution in [-0.4, -0.2) is 27.7 Å². The van der Waals surface area contributed by atoms with Crippen molar-refractivity contribution in [2.45, 2.75) is 18.8 Å². The van der Waals surface area contributed by atoms with Crippen molar-refractivity contribution < 1.29 is 17.9 Å². The van der Waals surface area contributed by atoms with Gasteiger partial charge in [-0.15, -0.1) is 0 Å². The number of hydrogen-bond donors (Lipinski definition) is 0. The van der Waals surface area contributed by atoms with Gasteiger partial charge in [0.2, 0.25) is 10.0 Å². The van der Waals surface area contributed by atoms with Gasteiger partial charge in [0.05, 0.1) is 23.7 Å². The van der Waals surface area contributed by atoms with Crippen LogP contribution in [0.3, 0.4) is 0 Å². The van der Waals surface area contributed by atoms with E-state index in [1.54, 1.807) is 24.3 Å². The van der Waals surface area contributed by atoms with Gasteiger partial charge < -0.3 is 9.47 Å². The van der Waals surface area contributed by atoms with Crippen LogP contribution in [0.4, 0.5) is 11.4 Å². The lowest BCUT2D eigenvalue weighted by Crippen LogP contribution is -2.27. The molecule has 1 atom stereocenters. The summed E-state index contributed by atoms with van der Waals surface area (Å²) in [7, 11) is -3.65. The van der Waals surface area contributed by atoms with Crippen molar-refractivity contribution in [3.05, 3.63) is 90.0 Å². The SMILES string of the molecule is Cc1cc(CS(=O)(=O)N(c2ccccc2)c2ccccc2)ccc1OCC1CO1. The average molecular weight is 410 g/mol. The van der Waals surface area contributed by atoms with Crippen LogP contribution in [0.15, 0.2) is 78.9 Å². The Morgan fingerprint density at radius 3 is 2.07 bits per heavy atom. The Labute approximate surface area is 171 Å². The van der Waals surface area contributed by atoms with E-state index in [0.29, 0.717) is 18.0 Å². The van der Waals surface area contributed by atoms with Gasteiger partial charge >= 0.3 is 0 Å². The van der Waals surface area contributed by atoms with Gasteiger partial charge in [-0.1, -0.05) is 48.5 Å². The van der Waals surface area contributed by atoms with Crippen LogP contribution in [0.25, 0.3) is 0 Å². The number of rotatable bonds is 8. The second-order valence-electron chi connectivity index (χ2n) is 7.06. The van der Waals surface area contributed by atoms with E-state index in [1.807, 2.05) is 61.5 Å². The average Bonchev–Trinajstić information content (AvgIpc) is 3.53. The summed E-state index contributed by atoms with van der Waals surface area (Å²) in [6.45, 7) is 3.18. The number of para-hydroxylation sites is 2. The lowest BCUT2D eigenvalue weighted by atomic mass is 10.1. The molecule has 4 rings (SSSR count). The molecule has 0 amide bonds. The fourth-order valence-corrected chi connectivity index (χ4v) is 4.80. The first-order valence-corrected chi connectivity index (χ1v) is 11.1. The molecule has 3 aromatic rings. The Hall–Kier alpha value is -2.83. The number of hydrogen-bond acceptors (Lipinski definition) is 4. The molecule has 0 bridgehead atoms. The zero-order valence-corrected chi connectivity index (χ0v) is 17.0. The number of nitrogens with zero attached hydrogens (tertiary/aromatic N) is 1. The molecule has 1 aliphatic heterocycles. The Kier molecular flexibility index (Phi) is 5.56.